The smallest absolute Gasteiger partial charge is 0.331 e. The standard InChI is InChI=1S/C30H46O7/c1-17-27(32)24(34-4)15-26(36-17)37-20-7-10-28(2)19(14-20)5-6-23-22(28)8-11-29(3)21(9-12-30(23,29)33)18-13-25(31)35-16-18/h13,17,19-24,26-27,32-33H,5-12,14-16H2,1-4H3/t17-,19-,20-,21-,22+,23-,24-,26+,27+,28+,29-,30-/m1/s1. The van der Waals surface area contributed by atoms with Crippen molar-refractivity contribution >= 4 is 5.97 Å². The first-order chi connectivity index (χ1) is 17.6. The van der Waals surface area contributed by atoms with Crippen LogP contribution in [0.3, 0.4) is 0 Å². The maximum absolute atomic E-state index is 12.4. The van der Waals surface area contributed by atoms with E-state index in [0.717, 1.165) is 63.4 Å². The number of aliphatic hydroxyl groups is 2. The van der Waals surface area contributed by atoms with Crippen LogP contribution in [0.25, 0.3) is 0 Å². The molecule has 37 heavy (non-hydrogen) atoms. The Labute approximate surface area is 221 Å². The van der Waals surface area contributed by atoms with Gasteiger partial charge in [-0.25, -0.2) is 4.79 Å². The van der Waals surface area contributed by atoms with Gasteiger partial charge < -0.3 is 29.2 Å². The highest BCUT2D eigenvalue weighted by Crippen LogP contribution is 2.70. The SMILES string of the molecule is CO[C@@H]1C[C@H](O[C@@H]2CC[C@@]3(C)[C@H](CC[C@@H]4[C@@H]3CC[C@]3(C)[C@@H](C5=CC(=O)OC5)CC[C@@]43O)C2)O[C@H](C)[C@@H]1O. The van der Waals surface area contributed by atoms with E-state index in [1.54, 1.807) is 13.2 Å². The summed E-state index contributed by atoms with van der Waals surface area (Å²) in [7, 11) is 1.64. The number of aliphatic hydroxyl groups excluding tert-OH is 1. The van der Waals surface area contributed by atoms with E-state index in [-0.39, 0.29) is 47.3 Å². The third-order valence-electron chi connectivity index (χ3n) is 12.2. The number of ether oxygens (including phenoxy) is 4. The molecular formula is C30H46O7. The van der Waals surface area contributed by atoms with Crippen LogP contribution in [-0.2, 0) is 23.7 Å². The van der Waals surface area contributed by atoms with Gasteiger partial charge in [-0.3, -0.25) is 0 Å². The van der Waals surface area contributed by atoms with Gasteiger partial charge in [0.1, 0.15) is 12.7 Å². The summed E-state index contributed by atoms with van der Waals surface area (Å²) < 4.78 is 23.2. The minimum atomic E-state index is -0.670. The lowest BCUT2D eigenvalue weighted by Gasteiger charge is -2.64. The summed E-state index contributed by atoms with van der Waals surface area (Å²) in [5, 5.41) is 22.7. The molecule has 0 bridgehead atoms. The van der Waals surface area contributed by atoms with E-state index in [0.29, 0.717) is 30.8 Å². The quantitative estimate of drug-likeness (QED) is 0.427. The summed E-state index contributed by atoms with van der Waals surface area (Å²) in [4.78, 5) is 11.8. The van der Waals surface area contributed by atoms with Crippen LogP contribution in [0.1, 0.15) is 85.0 Å². The van der Waals surface area contributed by atoms with Crippen LogP contribution in [0.4, 0.5) is 0 Å². The molecular weight excluding hydrogens is 472 g/mol. The van der Waals surface area contributed by atoms with Gasteiger partial charge in [0.25, 0.3) is 0 Å². The Balaban J connectivity index is 1.15. The van der Waals surface area contributed by atoms with Gasteiger partial charge in [-0.1, -0.05) is 13.8 Å². The van der Waals surface area contributed by atoms with Gasteiger partial charge in [-0.2, -0.15) is 0 Å². The van der Waals surface area contributed by atoms with Gasteiger partial charge in [0, 0.05) is 25.0 Å². The van der Waals surface area contributed by atoms with E-state index < -0.39 is 11.7 Å². The average Bonchev–Trinajstić information content (AvgIpc) is 3.41. The summed E-state index contributed by atoms with van der Waals surface area (Å²) >= 11 is 0. The molecule has 7 nitrogen and oxygen atoms in total. The highest BCUT2D eigenvalue weighted by molar-refractivity contribution is 5.85. The zero-order valence-electron chi connectivity index (χ0n) is 23.0. The van der Waals surface area contributed by atoms with Gasteiger partial charge in [0.15, 0.2) is 6.29 Å². The van der Waals surface area contributed by atoms with Crippen molar-refractivity contribution in [3.8, 4) is 0 Å². The highest BCUT2D eigenvalue weighted by Gasteiger charge is 2.67. The second-order valence-electron chi connectivity index (χ2n) is 13.6. The maximum atomic E-state index is 12.4. The van der Waals surface area contributed by atoms with Crippen LogP contribution in [0.15, 0.2) is 11.6 Å². The van der Waals surface area contributed by atoms with Crippen LogP contribution < -0.4 is 0 Å². The van der Waals surface area contributed by atoms with Crippen molar-refractivity contribution in [2.75, 3.05) is 13.7 Å². The fourth-order valence-electron chi connectivity index (χ4n) is 10.0. The van der Waals surface area contributed by atoms with E-state index in [1.165, 1.54) is 0 Å². The summed E-state index contributed by atoms with van der Waals surface area (Å²) in [6.45, 7) is 7.07. The number of hydrogen-bond acceptors (Lipinski definition) is 7. The first kappa shape index (κ1) is 26.2. The molecule has 6 rings (SSSR count). The number of cyclic esters (lactones) is 1. The van der Waals surface area contributed by atoms with E-state index in [4.69, 9.17) is 18.9 Å². The number of esters is 1. The minimum Gasteiger partial charge on any atom is -0.458 e. The van der Waals surface area contributed by atoms with E-state index in [1.807, 2.05) is 6.92 Å². The van der Waals surface area contributed by atoms with Crippen LogP contribution in [0.2, 0.25) is 0 Å². The normalized spacial score (nSPS) is 53.6. The zero-order valence-corrected chi connectivity index (χ0v) is 23.0. The molecule has 6 aliphatic rings. The summed E-state index contributed by atoms with van der Waals surface area (Å²) in [5.41, 5.74) is 0.461. The molecule has 5 fully saturated rings. The fraction of sp³-hybridized carbons (Fsp3) is 0.900. The second-order valence-corrected chi connectivity index (χ2v) is 13.6. The monoisotopic (exact) mass is 518 g/mol. The third-order valence-corrected chi connectivity index (χ3v) is 12.2. The van der Waals surface area contributed by atoms with Crippen molar-refractivity contribution in [3.05, 3.63) is 11.6 Å². The molecule has 4 aliphatic carbocycles. The fourth-order valence-corrected chi connectivity index (χ4v) is 10.0. The van der Waals surface area contributed by atoms with Gasteiger partial charge in [-0.05, 0) is 99.4 Å². The number of carbonyl (C=O) groups is 1. The molecule has 2 aliphatic heterocycles. The summed E-state index contributed by atoms with van der Waals surface area (Å²) in [6.07, 6.45) is 10.2. The summed E-state index contributed by atoms with van der Waals surface area (Å²) in [5.74, 6) is 1.45. The lowest BCUT2D eigenvalue weighted by molar-refractivity contribution is -0.273. The molecule has 4 saturated carbocycles. The van der Waals surface area contributed by atoms with E-state index in [9.17, 15) is 15.0 Å². The van der Waals surface area contributed by atoms with Crippen molar-refractivity contribution in [2.24, 2.45) is 34.5 Å². The molecule has 0 aromatic rings. The Bertz CT molecular complexity index is 935. The first-order valence-electron chi connectivity index (χ1n) is 14.7. The first-order valence-corrected chi connectivity index (χ1v) is 14.7. The van der Waals surface area contributed by atoms with Crippen LogP contribution >= 0.6 is 0 Å². The minimum absolute atomic E-state index is 0.166. The Kier molecular flexibility index (Phi) is 6.59. The van der Waals surface area contributed by atoms with E-state index >= 15 is 0 Å². The van der Waals surface area contributed by atoms with Crippen molar-refractivity contribution in [2.45, 2.75) is 121 Å². The van der Waals surface area contributed by atoms with Gasteiger partial charge in [-0.15, -0.1) is 0 Å². The van der Waals surface area contributed by atoms with Crippen molar-refractivity contribution in [3.63, 3.8) is 0 Å². The Morgan fingerprint density at radius 3 is 2.57 bits per heavy atom. The topological polar surface area (TPSA) is 94.5 Å². The van der Waals surface area contributed by atoms with E-state index in [2.05, 4.69) is 13.8 Å². The van der Waals surface area contributed by atoms with Crippen molar-refractivity contribution in [1.82, 2.24) is 0 Å². The van der Waals surface area contributed by atoms with Gasteiger partial charge in [0.2, 0.25) is 0 Å². The van der Waals surface area contributed by atoms with Gasteiger partial charge in [0.05, 0.1) is 23.9 Å². The molecule has 0 spiro atoms. The molecule has 2 heterocycles. The lowest BCUT2D eigenvalue weighted by atomic mass is 9.43. The third kappa shape index (κ3) is 3.97. The number of fused-ring (bicyclic) bond motifs is 5. The molecule has 208 valence electrons. The Morgan fingerprint density at radius 1 is 1.03 bits per heavy atom. The van der Waals surface area contributed by atoms with Crippen LogP contribution in [0.5, 0.6) is 0 Å². The average molecular weight is 519 g/mol. The number of methoxy groups -OCH3 is 1. The lowest BCUT2D eigenvalue weighted by Crippen LogP contribution is -2.62. The molecule has 0 aromatic carbocycles. The predicted molar refractivity (Wildman–Crippen MR) is 136 cm³/mol. The molecule has 0 radical (unpaired) electrons. The van der Waals surface area contributed by atoms with Gasteiger partial charge >= 0.3 is 5.97 Å². The zero-order chi connectivity index (χ0) is 26.2. The molecule has 7 heteroatoms. The maximum Gasteiger partial charge on any atom is 0.331 e. The number of hydrogen-bond donors (Lipinski definition) is 2. The predicted octanol–water partition coefficient (Wildman–Crippen LogP) is 4.14. The molecule has 0 amide bonds. The number of carbonyl (C=O) groups excluding carboxylic acids is 1. The largest absolute Gasteiger partial charge is 0.458 e. The highest BCUT2D eigenvalue weighted by atomic mass is 16.7. The molecule has 0 aromatic heterocycles. The molecule has 12 atom stereocenters. The van der Waals surface area contributed by atoms with Crippen molar-refractivity contribution < 1.29 is 34.0 Å². The molecule has 2 N–H and O–H groups in total. The van der Waals surface area contributed by atoms with Crippen LogP contribution in [-0.4, -0.2) is 66.2 Å². The van der Waals surface area contributed by atoms with Crippen LogP contribution in [0, 0.1) is 34.5 Å². The molecule has 1 saturated heterocycles. The Hall–Kier alpha value is -0.990. The number of rotatable bonds is 4. The second kappa shape index (κ2) is 9.29. The van der Waals surface area contributed by atoms with Crippen molar-refractivity contribution in [1.29, 1.82) is 0 Å². The molecule has 0 unspecified atom stereocenters. The summed E-state index contributed by atoms with van der Waals surface area (Å²) in [6, 6.07) is 0. The Morgan fingerprint density at radius 2 is 1.84 bits per heavy atom.